The van der Waals surface area contributed by atoms with Crippen LogP contribution in [0.3, 0.4) is 0 Å². The molecule has 0 aromatic heterocycles. The standard InChI is InChI=1S/C15H23N3O4/c1-3-4-5-8-17(9-10-19)15(20)16-13-7-6-12(2)14(11-13)18(21)22/h6-7,11,19H,3-5,8-10H2,1-2H3,(H,16,20). The van der Waals surface area contributed by atoms with Crippen LogP contribution in [0, 0.1) is 17.0 Å². The zero-order valence-corrected chi connectivity index (χ0v) is 13.0. The molecule has 0 aliphatic heterocycles. The average Bonchev–Trinajstić information content (AvgIpc) is 2.48. The van der Waals surface area contributed by atoms with Gasteiger partial charge in [0.25, 0.3) is 5.69 Å². The van der Waals surface area contributed by atoms with Crippen molar-refractivity contribution in [3.05, 3.63) is 33.9 Å². The molecule has 7 nitrogen and oxygen atoms in total. The Balaban J connectivity index is 2.75. The van der Waals surface area contributed by atoms with E-state index in [0.717, 1.165) is 19.3 Å². The van der Waals surface area contributed by atoms with E-state index in [1.54, 1.807) is 19.1 Å². The topological polar surface area (TPSA) is 95.7 Å². The molecule has 1 aromatic carbocycles. The summed E-state index contributed by atoms with van der Waals surface area (Å²) in [4.78, 5) is 24.2. The van der Waals surface area contributed by atoms with Gasteiger partial charge in [-0.15, -0.1) is 0 Å². The van der Waals surface area contributed by atoms with Gasteiger partial charge in [0.05, 0.1) is 11.5 Å². The molecule has 0 saturated carbocycles. The van der Waals surface area contributed by atoms with E-state index in [4.69, 9.17) is 5.11 Å². The highest BCUT2D eigenvalue weighted by molar-refractivity contribution is 5.89. The van der Waals surface area contributed by atoms with Crippen molar-refractivity contribution in [3.63, 3.8) is 0 Å². The summed E-state index contributed by atoms with van der Waals surface area (Å²) in [6.07, 6.45) is 2.90. The van der Waals surface area contributed by atoms with E-state index >= 15 is 0 Å². The molecule has 0 aliphatic carbocycles. The maximum Gasteiger partial charge on any atom is 0.321 e. The van der Waals surface area contributed by atoms with Gasteiger partial charge < -0.3 is 15.3 Å². The quantitative estimate of drug-likeness (QED) is 0.438. The summed E-state index contributed by atoms with van der Waals surface area (Å²) in [5.74, 6) is 0. The Morgan fingerprint density at radius 2 is 2.09 bits per heavy atom. The Morgan fingerprint density at radius 1 is 1.36 bits per heavy atom. The number of nitrogens with zero attached hydrogens (tertiary/aromatic N) is 2. The lowest BCUT2D eigenvalue weighted by atomic mass is 10.2. The van der Waals surface area contributed by atoms with Gasteiger partial charge in [-0.25, -0.2) is 4.79 Å². The van der Waals surface area contributed by atoms with Crippen molar-refractivity contribution < 1.29 is 14.8 Å². The van der Waals surface area contributed by atoms with E-state index in [0.29, 0.717) is 17.8 Å². The van der Waals surface area contributed by atoms with Gasteiger partial charge in [0.15, 0.2) is 0 Å². The number of unbranched alkanes of at least 4 members (excludes halogenated alkanes) is 2. The summed E-state index contributed by atoms with van der Waals surface area (Å²) in [7, 11) is 0. The van der Waals surface area contributed by atoms with Crippen LogP contribution in [0.2, 0.25) is 0 Å². The largest absolute Gasteiger partial charge is 0.395 e. The minimum Gasteiger partial charge on any atom is -0.395 e. The van der Waals surface area contributed by atoms with Gasteiger partial charge in [0.1, 0.15) is 0 Å². The molecule has 1 rings (SSSR count). The number of anilines is 1. The van der Waals surface area contributed by atoms with Crippen molar-refractivity contribution in [1.29, 1.82) is 0 Å². The predicted octanol–water partition coefficient (Wildman–Crippen LogP) is 2.92. The van der Waals surface area contributed by atoms with Crippen molar-refractivity contribution in [1.82, 2.24) is 4.90 Å². The van der Waals surface area contributed by atoms with Crippen LogP contribution in [-0.2, 0) is 0 Å². The lowest BCUT2D eigenvalue weighted by Crippen LogP contribution is -2.37. The van der Waals surface area contributed by atoms with Gasteiger partial charge in [-0.1, -0.05) is 25.8 Å². The molecule has 122 valence electrons. The summed E-state index contributed by atoms with van der Waals surface area (Å²) in [5, 5.41) is 22.6. The number of carbonyl (C=O) groups is 1. The minimum atomic E-state index is -0.474. The summed E-state index contributed by atoms with van der Waals surface area (Å²) >= 11 is 0. The molecule has 0 spiro atoms. The van der Waals surface area contributed by atoms with Crippen molar-refractivity contribution in [2.24, 2.45) is 0 Å². The maximum atomic E-state index is 12.2. The van der Waals surface area contributed by atoms with Gasteiger partial charge in [-0.3, -0.25) is 10.1 Å². The zero-order chi connectivity index (χ0) is 16.5. The molecule has 7 heteroatoms. The van der Waals surface area contributed by atoms with Crippen LogP contribution in [-0.4, -0.2) is 40.7 Å². The molecule has 22 heavy (non-hydrogen) atoms. The Morgan fingerprint density at radius 3 is 2.68 bits per heavy atom. The maximum absolute atomic E-state index is 12.2. The van der Waals surface area contributed by atoms with Crippen LogP contribution in [0.1, 0.15) is 31.7 Å². The van der Waals surface area contributed by atoms with Crippen LogP contribution < -0.4 is 5.32 Å². The molecule has 2 amide bonds. The third-order valence-corrected chi connectivity index (χ3v) is 3.35. The molecule has 0 fully saturated rings. The van der Waals surface area contributed by atoms with E-state index in [-0.39, 0.29) is 24.9 Å². The molecule has 2 N–H and O–H groups in total. The average molecular weight is 309 g/mol. The fraction of sp³-hybridized carbons (Fsp3) is 0.533. The number of aliphatic hydroxyl groups excluding tert-OH is 1. The highest BCUT2D eigenvalue weighted by Gasteiger charge is 2.15. The van der Waals surface area contributed by atoms with Crippen LogP contribution in [0.5, 0.6) is 0 Å². The second-order valence-corrected chi connectivity index (χ2v) is 5.11. The highest BCUT2D eigenvalue weighted by atomic mass is 16.6. The number of rotatable bonds is 8. The van der Waals surface area contributed by atoms with Crippen molar-refractivity contribution in [2.75, 3.05) is 25.0 Å². The SMILES string of the molecule is CCCCCN(CCO)C(=O)Nc1ccc(C)c([N+](=O)[O-])c1. The van der Waals surface area contributed by atoms with Crippen LogP contribution in [0.15, 0.2) is 18.2 Å². The highest BCUT2D eigenvalue weighted by Crippen LogP contribution is 2.22. The lowest BCUT2D eigenvalue weighted by molar-refractivity contribution is -0.385. The number of benzene rings is 1. The summed E-state index contributed by atoms with van der Waals surface area (Å²) in [6.45, 7) is 4.39. The number of nitro groups is 1. The fourth-order valence-electron chi connectivity index (χ4n) is 2.07. The van der Waals surface area contributed by atoms with E-state index in [9.17, 15) is 14.9 Å². The number of carbonyl (C=O) groups excluding carboxylic acids is 1. The third kappa shape index (κ3) is 5.33. The number of hydrogen-bond acceptors (Lipinski definition) is 4. The molecule has 0 bridgehead atoms. The van der Waals surface area contributed by atoms with E-state index < -0.39 is 4.92 Å². The first-order valence-electron chi connectivity index (χ1n) is 7.41. The first-order chi connectivity index (χ1) is 10.5. The van der Waals surface area contributed by atoms with Crippen molar-refractivity contribution in [2.45, 2.75) is 33.1 Å². The number of aryl methyl sites for hydroxylation is 1. The van der Waals surface area contributed by atoms with E-state index in [2.05, 4.69) is 12.2 Å². The van der Waals surface area contributed by atoms with Gasteiger partial charge in [0, 0.05) is 30.4 Å². The fourth-order valence-corrected chi connectivity index (χ4v) is 2.07. The summed E-state index contributed by atoms with van der Waals surface area (Å²) in [5.41, 5.74) is 0.886. The number of nitro benzene ring substituents is 1. The molecule has 0 saturated heterocycles. The summed E-state index contributed by atoms with van der Waals surface area (Å²) in [6, 6.07) is 4.21. The van der Waals surface area contributed by atoms with Crippen LogP contribution >= 0.6 is 0 Å². The molecule has 1 aromatic rings. The molecular weight excluding hydrogens is 286 g/mol. The number of nitrogens with one attached hydrogen (secondary N) is 1. The van der Waals surface area contributed by atoms with Gasteiger partial charge in [0.2, 0.25) is 0 Å². The normalized spacial score (nSPS) is 10.3. The van der Waals surface area contributed by atoms with Crippen LogP contribution in [0.25, 0.3) is 0 Å². The molecular formula is C15H23N3O4. The molecule has 0 heterocycles. The second kappa shape index (κ2) is 8.99. The number of urea groups is 1. The first kappa shape index (κ1) is 17.9. The molecule has 0 radical (unpaired) electrons. The molecule has 0 aliphatic rings. The monoisotopic (exact) mass is 309 g/mol. The Hall–Kier alpha value is -2.15. The number of hydrogen-bond donors (Lipinski definition) is 2. The van der Waals surface area contributed by atoms with Crippen LogP contribution in [0.4, 0.5) is 16.2 Å². The van der Waals surface area contributed by atoms with E-state index in [1.807, 2.05) is 0 Å². The third-order valence-electron chi connectivity index (χ3n) is 3.35. The van der Waals surface area contributed by atoms with Gasteiger partial charge in [-0.05, 0) is 19.4 Å². The second-order valence-electron chi connectivity index (χ2n) is 5.11. The summed E-state index contributed by atoms with van der Waals surface area (Å²) < 4.78 is 0. The first-order valence-corrected chi connectivity index (χ1v) is 7.41. The predicted molar refractivity (Wildman–Crippen MR) is 85.0 cm³/mol. The molecule has 0 atom stereocenters. The van der Waals surface area contributed by atoms with Gasteiger partial charge in [-0.2, -0.15) is 0 Å². The van der Waals surface area contributed by atoms with E-state index in [1.165, 1.54) is 11.0 Å². The van der Waals surface area contributed by atoms with Crippen molar-refractivity contribution in [3.8, 4) is 0 Å². The van der Waals surface area contributed by atoms with Gasteiger partial charge >= 0.3 is 6.03 Å². The zero-order valence-electron chi connectivity index (χ0n) is 13.0. The smallest absolute Gasteiger partial charge is 0.321 e. The van der Waals surface area contributed by atoms with Crippen molar-refractivity contribution >= 4 is 17.4 Å². The minimum absolute atomic E-state index is 0.0301. The Labute approximate surface area is 130 Å². The number of aliphatic hydroxyl groups is 1. The molecule has 0 unspecified atom stereocenters. The Kier molecular flexibility index (Phi) is 7.31. The Bertz CT molecular complexity index is 520. The lowest BCUT2D eigenvalue weighted by Gasteiger charge is -2.22. The number of amides is 2.